The summed E-state index contributed by atoms with van der Waals surface area (Å²) in [5.74, 6) is 0. The average Bonchev–Trinajstić information content (AvgIpc) is 2.13. The molecule has 0 saturated carbocycles. The van der Waals surface area contributed by atoms with Crippen LogP contribution in [0.5, 0.6) is 0 Å². The fourth-order valence-corrected chi connectivity index (χ4v) is 1.32. The molecule has 0 fully saturated rings. The second-order valence-electron chi connectivity index (χ2n) is 2.31. The van der Waals surface area contributed by atoms with Crippen molar-refractivity contribution in [1.82, 2.24) is 5.32 Å². The van der Waals surface area contributed by atoms with E-state index < -0.39 is 0 Å². The van der Waals surface area contributed by atoms with Gasteiger partial charge in [0.05, 0.1) is 15.2 Å². The number of hydrogen-bond donors (Lipinski definition) is 2. The number of halogens is 2. The van der Waals surface area contributed by atoms with Crippen molar-refractivity contribution in [3.8, 4) is 0 Å². The first-order valence-electron chi connectivity index (χ1n) is 3.58. The molecule has 2 N–H and O–H groups in total. The summed E-state index contributed by atoms with van der Waals surface area (Å²) in [4.78, 5) is 11.0. The van der Waals surface area contributed by atoms with Crippen molar-refractivity contribution in [1.29, 1.82) is 0 Å². The molecule has 0 bridgehead atoms. The topological polar surface area (TPSA) is 41.1 Å². The molecule has 5 heteroatoms. The van der Waals surface area contributed by atoms with Crippen molar-refractivity contribution >= 4 is 39.2 Å². The van der Waals surface area contributed by atoms with Crippen LogP contribution in [0.15, 0.2) is 22.7 Å². The highest BCUT2D eigenvalue weighted by atomic mass is 79.9. The molecule has 1 aromatic carbocycles. The lowest BCUT2D eigenvalue weighted by molar-refractivity contribution is 0.254. The van der Waals surface area contributed by atoms with Crippen LogP contribution < -0.4 is 10.6 Å². The van der Waals surface area contributed by atoms with Gasteiger partial charge in [-0.2, -0.15) is 0 Å². The molecule has 0 heterocycles. The van der Waals surface area contributed by atoms with Gasteiger partial charge < -0.3 is 10.6 Å². The number of carbonyl (C=O) groups excluding carboxylic acids is 1. The normalized spacial score (nSPS) is 9.46. The largest absolute Gasteiger partial charge is 0.341 e. The van der Waals surface area contributed by atoms with E-state index in [1.54, 1.807) is 25.2 Å². The fourth-order valence-electron chi connectivity index (χ4n) is 0.785. The second-order valence-corrected chi connectivity index (χ2v) is 3.51. The van der Waals surface area contributed by atoms with Crippen LogP contribution in [0.25, 0.3) is 0 Å². The lowest BCUT2D eigenvalue weighted by Crippen LogP contribution is -2.24. The predicted molar refractivity (Wildman–Crippen MR) is 57.2 cm³/mol. The van der Waals surface area contributed by atoms with Crippen LogP contribution in [0.3, 0.4) is 0 Å². The molecule has 0 aliphatic rings. The maximum Gasteiger partial charge on any atom is 0.319 e. The summed E-state index contributed by atoms with van der Waals surface area (Å²) < 4.78 is 0.681. The number of hydrogen-bond acceptors (Lipinski definition) is 1. The number of amides is 2. The minimum atomic E-state index is -0.275. The molecule has 2 amide bonds. The Balaban J connectivity index is 2.89. The first kappa shape index (κ1) is 10.3. The Kier molecular flexibility index (Phi) is 3.57. The van der Waals surface area contributed by atoms with Gasteiger partial charge in [0.2, 0.25) is 0 Å². The van der Waals surface area contributed by atoms with Gasteiger partial charge in [-0.25, -0.2) is 4.79 Å². The highest BCUT2D eigenvalue weighted by Gasteiger charge is 2.05. The molecule has 1 rings (SSSR count). The summed E-state index contributed by atoms with van der Waals surface area (Å²) >= 11 is 9.09. The summed E-state index contributed by atoms with van der Waals surface area (Å²) in [7, 11) is 1.55. The van der Waals surface area contributed by atoms with E-state index in [1.807, 2.05) is 0 Å². The Hall–Kier alpha value is -0.740. The minimum absolute atomic E-state index is 0.275. The van der Waals surface area contributed by atoms with Gasteiger partial charge in [0, 0.05) is 7.05 Å². The van der Waals surface area contributed by atoms with Gasteiger partial charge in [-0.1, -0.05) is 17.7 Å². The maximum atomic E-state index is 11.0. The van der Waals surface area contributed by atoms with Gasteiger partial charge in [-0.05, 0) is 28.1 Å². The molecule has 13 heavy (non-hydrogen) atoms. The minimum Gasteiger partial charge on any atom is -0.341 e. The van der Waals surface area contributed by atoms with E-state index >= 15 is 0 Å². The number of urea groups is 1. The molecule has 0 unspecified atom stereocenters. The third kappa shape index (κ3) is 2.60. The van der Waals surface area contributed by atoms with Crippen LogP contribution >= 0.6 is 27.5 Å². The van der Waals surface area contributed by atoms with Gasteiger partial charge in [0.25, 0.3) is 0 Å². The zero-order chi connectivity index (χ0) is 9.84. The van der Waals surface area contributed by atoms with Crippen LogP contribution in [0.2, 0.25) is 5.02 Å². The zero-order valence-electron chi connectivity index (χ0n) is 6.90. The van der Waals surface area contributed by atoms with E-state index in [9.17, 15) is 4.79 Å². The quantitative estimate of drug-likeness (QED) is 0.804. The number of anilines is 1. The smallest absolute Gasteiger partial charge is 0.319 e. The van der Waals surface area contributed by atoms with E-state index in [1.165, 1.54) is 0 Å². The average molecular weight is 264 g/mol. The Bertz CT molecular complexity index is 330. The monoisotopic (exact) mass is 262 g/mol. The van der Waals surface area contributed by atoms with Gasteiger partial charge in [-0.3, -0.25) is 0 Å². The van der Waals surface area contributed by atoms with Crippen LogP contribution in [-0.2, 0) is 0 Å². The Labute approximate surface area is 89.6 Å². The maximum absolute atomic E-state index is 11.0. The summed E-state index contributed by atoms with van der Waals surface area (Å²) in [6.07, 6.45) is 0. The molecule has 0 aliphatic heterocycles. The van der Waals surface area contributed by atoms with Crippen molar-refractivity contribution in [2.45, 2.75) is 0 Å². The molecule has 0 saturated heterocycles. The van der Waals surface area contributed by atoms with Crippen LogP contribution in [0.1, 0.15) is 0 Å². The van der Waals surface area contributed by atoms with E-state index in [0.29, 0.717) is 15.2 Å². The number of rotatable bonds is 1. The Morgan fingerprint density at radius 1 is 1.54 bits per heavy atom. The zero-order valence-corrected chi connectivity index (χ0v) is 9.24. The molecule has 0 aromatic heterocycles. The number of nitrogens with one attached hydrogen (secondary N) is 2. The summed E-state index contributed by atoms with van der Waals surface area (Å²) in [5, 5.41) is 5.63. The number of benzene rings is 1. The third-order valence-electron chi connectivity index (χ3n) is 1.43. The van der Waals surface area contributed by atoms with Gasteiger partial charge in [0.1, 0.15) is 0 Å². The summed E-state index contributed by atoms with van der Waals surface area (Å²) in [6.45, 7) is 0. The van der Waals surface area contributed by atoms with Crippen LogP contribution in [-0.4, -0.2) is 13.1 Å². The van der Waals surface area contributed by atoms with Crippen molar-refractivity contribution in [2.75, 3.05) is 12.4 Å². The Morgan fingerprint density at radius 2 is 2.23 bits per heavy atom. The van der Waals surface area contributed by atoms with Gasteiger partial charge >= 0.3 is 6.03 Å². The fraction of sp³-hybridized carbons (Fsp3) is 0.125. The SMILES string of the molecule is CNC(=O)Nc1cccc(Cl)c1Br. The van der Waals surface area contributed by atoms with Crippen molar-refractivity contribution in [3.05, 3.63) is 27.7 Å². The summed E-state index contributed by atoms with van der Waals surface area (Å²) in [5.41, 5.74) is 0.645. The standard InChI is InChI=1S/C8H8BrClN2O/c1-11-8(13)12-6-4-2-3-5(10)7(6)9/h2-4H,1H3,(H2,11,12,13). The Morgan fingerprint density at radius 3 is 2.85 bits per heavy atom. The third-order valence-corrected chi connectivity index (χ3v) is 2.82. The molecule has 70 valence electrons. The van der Waals surface area contributed by atoms with Crippen molar-refractivity contribution in [2.24, 2.45) is 0 Å². The first-order valence-corrected chi connectivity index (χ1v) is 4.75. The van der Waals surface area contributed by atoms with Crippen molar-refractivity contribution in [3.63, 3.8) is 0 Å². The summed E-state index contributed by atoms with van der Waals surface area (Å²) in [6, 6.07) is 4.98. The van der Waals surface area contributed by atoms with E-state index in [0.717, 1.165) is 0 Å². The predicted octanol–water partition coefficient (Wildman–Crippen LogP) is 2.85. The molecule has 0 spiro atoms. The highest BCUT2D eigenvalue weighted by molar-refractivity contribution is 9.10. The molecule has 3 nitrogen and oxygen atoms in total. The second kappa shape index (κ2) is 4.48. The highest BCUT2D eigenvalue weighted by Crippen LogP contribution is 2.29. The van der Waals surface area contributed by atoms with Crippen LogP contribution in [0, 0.1) is 0 Å². The van der Waals surface area contributed by atoms with E-state index in [4.69, 9.17) is 11.6 Å². The molecule has 1 aromatic rings. The molecular weight excluding hydrogens is 255 g/mol. The lowest BCUT2D eigenvalue weighted by atomic mass is 10.3. The molecule has 0 radical (unpaired) electrons. The molecule has 0 aliphatic carbocycles. The van der Waals surface area contributed by atoms with E-state index in [2.05, 4.69) is 26.6 Å². The molecular formula is C8H8BrClN2O. The van der Waals surface area contributed by atoms with Crippen LogP contribution in [0.4, 0.5) is 10.5 Å². The lowest BCUT2D eigenvalue weighted by Gasteiger charge is -2.06. The van der Waals surface area contributed by atoms with Crippen molar-refractivity contribution < 1.29 is 4.79 Å². The van der Waals surface area contributed by atoms with Gasteiger partial charge in [0.15, 0.2) is 0 Å². The van der Waals surface area contributed by atoms with E-state index in [-0.39, 0.29) is 6.03 Å². The number of carbonyl (C=O) groups is 1. The molecule has 0 atom stereocenters. The van der Waals surface area contributed by atoms with Gasteiger partial charge in [-0.15, -0.1) is 0 Å². The first-order chi connectivity index (χ1) is 6.15.